The van der Waals surface area contributed by atoms with Gasteiger partial charge < -0.3 is 0 Å². The van der Waals surface area contributed by atoms with Crippen LogP contribution in [0.5, 0.6) is 0 Å². The second kappa shape index (κ2) is 18.0. The molecule has 0 saturated carbocycles. The second-order valence-electron chi connectivity index (χ2n) is 17.2. The molecule has 2 aliphatic rings. The number of nitrogens with one attached hydrogen (secondary N) is 4. The Labute approximate surface area is 389 Å². The third kappa shape index (κ3) is 7.57. The average Bonchev–Trinajstić information content (AvgIpc) is 4.05. The van der Waals surface area contributed by atoms with Crippen LogP contribution in [-0.4, -0.2) is 0 Å². The fourth-order valence-electron chi connectivity index (χ4n) is 10.2. The van der Waals surface area contributed by atoms with Gasteiger partial charge in [0, 0.05) is 21.7 Å². The van der Waals surface area contributed by atoms with Crippen molar-refractivity contribution >= 4 is 48.6 Å². The lowest BCUT2D eigenvalue weighted by molar-refractivity contribution is 0.554. The number of rotatable bonds is 9. The third-order valence-electron chi connectivity index (χ3n) is 13.3. The van der Waals surface area contributed by atoms with Gasteiger partial charge in [-0.05, 0) is 78.2 Å². The summed E-state index contributed by atoms with van der Waals surface area (Å²) in [4.78, 5) is 0. The molecule has 2 aliphatic heterocycles. The predicted molar refractivity (Wildman–Crippen MR) is 280 cm³/mol. The minimum atomic E-state index is -1.20. The van der Waals surface area contributed by atoms with E-state index in [0.29, 0.717) is 0 Å². The van der Waals surface area contributed by atoms with Crippen molar-refractivity contribution in [1.82, 2.24) is 20.3 Å². The van der Waals surface area contributed by atoms with Gasteiger partial charge in [-0.3, -0.25) is 20.3 Å². The van der Waals surface area contributed by atoms with E-state index in [-0.39, 0.29) is 24.2 Å². The molecule has 0 aromatic heterocycles. The first kappa shape index (κ1) is 40.9. The molecule has 4 atom stereocenters. The first-order valence-corrected chi connectivity index (χ1v) is 25.5. The van der Waals surface area contributed by atoms with Gasteiger partial charge in [-0.2, -0.15) is 0 Å². The molecule has 66 heavy (non-hydrogen) atoms. The molecule has 4 N–H and O–H groups in total. The summed E-state index contributed by atoms with van der Waals surface area (Å²) in [5.41, 5.74) is 12.5. The molecule has 4 nitrogen and oxygen atoms in total. The van der Waals surface area contributed by atoms with Crippen LogP contribution in [0.25, 0.3) is 54.9 Å². The molecular formula is C60H48N4P2. The Hall–Kier alpha value is -6.58. The Morgan fingerprint density at radius 1 is 0.273 bits per heavy atom. The Balaban J connectivity index is 1.18. The molecule has 2 fully saturated rings. The van der Waals surface area contributed by atoms with Gasteiger partial charge in [-0.1, -0.05) is 231 Å². The molecule has 0 unspecified atom stereocenters. The SMILES string of the molecule is c1ccc(-c2cc3ccccc3c(-c3c(P4N[C@@H](c5ccccc5)[C@H](c5ccccc5)N4)c(-c4ccccc4)cc4ccccc34)c2P2N[C@@H](c3ccccc3)[C@H](c3ccccc3)N2)cc1. The van der Waals surface area contributed by atoms with Gasteiger partial charge in [0.05, 0.1) is 40.6 Å². The Bertz CT molecular complexity index is 2960. The first-order chi connectivity index (χ1) is 32.8. The average molecular weight is 887 g/mol. The summed E-state index contributed by atoms with van der Waals surface area (Å²) in [5.74, 6) is 0. The van der Waals surface area contributed by atoms with E-state index in [1.807, 2.05) is 0 Å². The quantitative estimate of drug-likeness (QED) is 0.109. The summed E-state index contributed by atoms with van der Waals surface area (Å²) in [7, 11) is -2.39. The van der Waals surface area contributed by atoms with E-state index in [0.717, 1.165) is 0 Å². The fraction of sp³-hybridized carbons (Fsp3) is 0.0667. The van der Waals surface area contributed by atoms with Gasteiger partial charge in [-0.25, -0.2) is 0 Å². The van der Waals surface area contributed by atoms with E-state index in [1.165, 1.54) is 87.8 Å². The van der Waals surface area contributed by atoms with Crippen LogP contribution in [-0.2, 0) is 0 Å². The van der Waals surface area contributed by atoms with Gasteiger partial charge in [0.1, 0.15) is 0 Å². The lowest BCUT2D eigenvalue weighted by Crippen LogP contribution is -2.25. The topological polar surface area (TPSA) is 48.1 Å². The summed E-state index contributed by atoms with van der Waals surface area (Å²) in [6.45, 7) is 0. The maximum Gasteiger partial charge on any atom is 0.0693 e. The van der Waals surface area contributed by atoms with Crippen LogP contribution in [0.1, 0.15) is 46.4 Å². The van der Waals surface area contributed by atoms with Crippen molar-refractivity contribution in [2.75, 3.05) is 0 Å². The number of fused-ring (bicyclic) bond motifs is 2. The van der Waals surface area contributed by atoms with Crippen molar-refractivity contribution in [3.8, 4) is 33.4 Å². The monoisotopic (exact) mass is 886 g/mol. The van der Waals surface area contributed by atoms with E-state index < -0.39 is 16.4 Å². The summed E-state index contributed by atoms with van der Waals surface area (Å²) in [6.07, 6.45) is 0. The van der Waals surface area contributed by atoms with E-state index >= 15 is 0 Å². The lowest BCUT2D eigenvalue weighted by Gasteiger charge is -2.29. The number of benzene rings is 10. The zero-order chi connectivity index (χ0) is 43.8. The molecular weight excluding hydrogens is 839 g/mol. The zero-order valence-electron chi connectivity index (χ0n) is 36.3. The molecule has 0 spiro atoms. The van der Waals surface area contributed by atoms with Crippen molar-refractivity contribution < 1.29 is 0 Å². The standard InChI is InChI=1S/C60H48N4P2/c1-7-23-41(24-8-1)51-39-47-35-19-21-37-49(47)53(59(51)65-61-55(43-27-11-3-12-28-43)56(62-65)44-29-13-4-14-30-44)54-50-38-22-20-36-48(50)40-52(42-25-9-2-10-26-42)60(54)66-63-57(45-31-15-5-16-32-45)58(64-66)46-33-17-6-18-34-46/h1-40,55-58,61-64H/t55-,56-,57-,58-/m0/s1. The Morgan fingerprint density at radius 2 is 0.530 bits per heavy atom. The zero-order valence-corrected chi connectivity index (χ0v) is 38.1. The van der Waals surface area contributed by atoms with E-state index in [2.05, 4.69) is 263 Å². The molecule has 2 saturated heterocycles. The predicted octanol–water partition coefficient (Wildman–Crippen LogP) is 14.2. The maximum absolute atomic E-state index is 4.33. The second-order valence-corrected chi connectivity index (χ2v) is 20.5. The molecule has 10 aromatic carbocycles. The van der Waals surface area contributed by atoms with Gasteiger partial charge in [0.15, 0.2) is 0 Å². The molecule has 0 aliphatic carbocycles. The fourth-order valence-corrected chi connectivity index (χ4v) is 15.0. The third-order valence-corrected chi connectivity index (χ3v) is 17.3. The molecule has 6 heteroatoms. The Kier molecular flexibility index (Phi) is 11.2. The first-order valence-electron chi connectivity index (χ1n) is 22.8. The minimum Gasteiger partial charge on any atom is -0.271 e. The molecule has 318 valence electrons. The summed E-state index contributed by atoms with van der Waals surface area (Å²) in [6, 6.07) is 89.2. The van der Waals surface area contributed by atoms with Gasteiger partial charge in [0.2, 0.25) is 0 Å². The summed E-state index contributed by atoms with van der Waals surface area (Å²) < 4.78 is 0. The normalized spacial score (nSPS) is 18.8. The molecule has 0 amide bonds. The Morgan fingerprint density at radius 3 is 0.833 bits per heavy atom. The van der Waals surface area contributed by atoms with Crippen molar-refractivity contribution in [3.05, 3.63) is 265 Å². The smallest absolute Gasteiger partial charge is 0.0693 e. The number of hydrogen-bond donors (Lipinski definition) is 4. The summed E-state index contributed by atoms with van der Waals surface area (Å²) >= 11 is 0. The van der Waals surface area contributed by atoms with Crippen molar-refractivity contribution in [3.63, 3.8) is 0 Å². The van der Waals surface area contributed by atoms with Gasteiger partial charge in [0.25, 0.3) is 0 Å². The highest BCUT2D eigenvalue weighted by molar-refractivity contribution is 7.63. The molecule has 10 aromatic rings. The van der Waals surface area contributed by atoms with E-state index in [4.69, 9.17) is 0 Å². The van der Waals surface area contributed by atoms with Crippen LogP contribution in [0.15, 0.2) is 243 Å². The highest BCUT2D eigenvalue weighted by Gasteiger charge is 2.42. The van der Waals surface area contributed by atoms with E-state index in [1.54, 1.807) is 0 Å². The molecule has 12 rings (SSSR count). The van der Waals surface area contributed by atoms with Crippen LogP contribution in [0.4, 0.5) is 0 Å². The van der Waals surface area contributed by atoms with Crippen LogP contribution in [0.2, 0.25) is 0 Å². The van der Waals surface area contributed by atoms with Crippen LogP contribution in [0, 0.1) is 0 Å². The van der Waals surface area contributed by atoms with Crippen molar-refractivity contribution in [1.29, 1.82) is 0 Å². The van der Waals surface area contributed by atoms with Crippen LogP contribution >= 0.6 is 16.4 Å². The highest BCUT2D eigenvalue weighted by atomic mass is 31.1. The summed E-state index contributed by atoms with van der Waals surface area (Å²) in [5, 5.41) is 24.8. The molecule has 0 bridgehead atoms. The largest absolute Gasteiger partial charge is 0.271 e. The van der Waals surface area contributed by atoms with Gasteiger partial charge in [-0.15, -0.1) is 0 Å². The number of hydrogen-bond acceptors (Lipinski definition) is 4. The van der Waals surface area contributed by atoms with E-state index in [9.17, 15) is 0 Å². The maximum atomic E-state index is 4.33. The van der Waals surface area contributed by atoms with Crippen molar-refractivity contribution in [2.24, 2.45) is 0 Å². The van der Waals surface area contributed by atoms with Gasteiger partial charge >= 0.3 is 0 Å². The highest BCUT2D eigenvalue weighted by Crippen LogP contribution is 2.55. The van der Waals surface area contributed by atoms with Crippen LogP contribution in [0.3, 0.4) is 0 Å². The lowest BCUT2D eigenvalue weighted by atomic mass is 9.88. The molecule has 0 radical (unpaired) electrons. The van der Waals surface area contributed by atoms with Crippen LogP contribution < -0.4 is 31.0 Å². The van der Waals surface area contributed by atoms with Crippen molar-refractivity contribution in [2.45, 2.75) is 24.2 Å². The minimum absolute atomic E-state index is 0.0373. The molecule has 2 heterocycles.